The minimum atomic E-state index is 0.0876. The lowest BCUT2D eigenvalue weighted by atomic mass is 10.1. The van der Waals surface area contributed by atoms with E-state index in [2.05, 4.69) is 23.8 Å². The van der Waals surface area contributed by atoms with Gasteiger partial charge >= 0.3 is 0 Å². The van der Waals surface area contributed by atoms with Gasteiger partial charge in [-0.1, -0.05) is 0 Å². The third kappa shape index (κ3) is 3.09. The monoisotopic (exact) mass is 237 g/mol. The third-order valence-electron chi connectivity index (χ3n) is 3.48. The summed E-state index contributed by atoms with van der Waals surface area (Å²) in [6, 6.07) is 4.26. The maximum absolute atomic E-state index is 6.13. The molecule has 0 spiro atoms. The van der Waals surface area contributed by atoms with Crippen LogP contribution in [-0.2, 0) is 0 Å². The van der Waals surface area contributed by atoms with Crippen molar-refractivity contribution in [1.29, 1.82) is 0 Å². The normalized spacial score (nSPS) is 23.2. The highest BCUT2D eigenvalue weighted by Crippen LogP contribution is 2.24. The molecule has 2 rings (SSSR count). The number of nitrogens with two attached hydrogens (primary N) is 1. The molecule has 0 saturated carbocycles. The van der Waals surface area contributed by atoms with Gasteiger partial charge < -0.3 is 15.1 Å². The highest BCUT2D eigenvalue weighted by atomic mass is 16.3. The molecule has 1 aromatic heterocycles. The molecule has 1 fully saturated rings. The molecule has 2 atom stereocenters. The van der Waals surface area contributed by atoms with Crippen LogP contribution in [0, 0.1) is 0 Å². The second-order valence-corrected chi connectivity index (χ2v) is 5.01. The fourth-order valence-corrected chi connectivity index (χ4v) is 2.58. The van der Waals surface area contributed by atoms with Crippen LogP contribution in [0.5, 0.6) is 0 Å². The Bertz CT molecular complexity index is 323. The Morgan fingerprint density at radius 3 is 2.76 bits per heavy atom. The van der Waals surface area contributed by atoms with Gasteiger partial charge in [0, 0.05) is 25.7 Å². The summed E-state index contributed by atoms with van der Waals surface area (Å²) in [5.74, 6) is 0.990. The number of rotatable bonds is 3. The highest BCUT2D eigenvalue weighted by Gasteiger charge is 2.27. The maximum atomic E-state index is 6.13. The summed E-state index contributed by atoms with van der Waals surface area (Å²) in [5.41, 5.74) is 6.13. The lowest BCUT2D eigenvalue weighted by Gasteiger charge is -2.31. The standard InChI is InChI=1S/C13H23N3O/c1-11(14)13(12-5-3-10-17-12)16-7-4-6-15(2)8-9-16/h3,5,10-11,13H,4,6-9,14H2,1-2H3. The molecule has 4 heteroatoms. The quantitative estimate of drug-likeness (QED) is 0.861. The van der Waals surface area contributed by atoms with Gasteiger partial charge in [0.25, 0.3) is 0 Å². The van der Waals surface area contributed by atoms with Crippen LogP contribution < -0.4 is 5.73 Å². The van der Waals surface area contributed by atoms with E-state index in [-0.39, 0.29) is 12.1 Å². The highest BCUT2D eigenvalue weighted by molar-refractivity contribution is 5.07. The van der Waals surface area contributed by atoms with E-state index in [1.54, 1.807) is 6.26 Å². The molecule has 0 amide bonds. The molecule has 0 aliphatic carbocycles. The number of hydrogen-bond donors (Lipinski definition) is 1. The summed E-state index contributed by atoms with van der Waals surface area (Å²) in [4.78, 5) is 4.83. The number of hydrogen-bond acceptors (Lipinski definition) is 4. The van der Waals surface area contributed by atoms with E-state index in [1.807, 2.05) is 12.1 Å². The Morgan fingerprint density at radius 1 is 1.29 bits per heavy atom. The van der Waals surface area contributed by atoms with Gasteiger partial charge in [0.15, 0.2) is 0 Å². The molecular weight excluding hydrogens is 214 g/mol. The van der Waals surface area contributed by atoms with Crippen molar-refractivity contribution in [2.24, 2.45) is 5.73 Å². The smallest absolute Gasteiger partial charge is 0.122 e. The zero-order valence-corrected chi connectivity index (χ0v) is 10.8. The maximum Gasteiger partial charge on any atom is 0.122 e. The summed E-state index contributed by atoms with van der Waals surface area (Å²) in [7, 11) is 2.18. The van der Waals surface area contributed by atoms with Crippen LogP contribution >= 0.6 is 0 Å². The molecule has 96 valence electrons. The SMILES string of the molecule is CC(N)C(c1ccco1)N1CCCN(C)CC1. The zero-order valence-electron chi connectivity index (χ0n) is 10.8. The van der Waals surface area contributed by atoms with Gasteiger partial charge in [-0.05, 0) is 39.1 Å². The van der Waals surface area contributed by atoms with Crippen molar-refractivity contribution in [2.75, 3.05) is 33.2 Å². The molecule has 0 bridgehead atoms. The molecule has 0 aromatic carbocycles. The number of nitrogens with zero attached hydrogens (tertiary/aromatic N) is 2. The van der Waals surface area contributed by atoms with Crippen molar-refractivity contribution in [3.05, 3.63) is 24.2 Å². The van der Waals surface area contributed by atoms with Crippen LogP contribution in [0.1, 0.15) is 25.1 Å². The van der Waals surface area contributed by atoms with Gasteiger partial charge in [-0.15, -0.1) is 0 Å². The minimum absolute atomic E-state index is 0.0876. The van der Waals surface area contributed by atoms with Crippen molar-refractivity contribution in [3.63, 3.8) is 0 Å². The fourth-order valence-electron chi connectivity index (χ4n) is 2.58. The Hall–Kier alpha value is -0.840. The van der Waals surface area contributed by atoms with E-state index < -0.39 is 0 Å². The van der Waals surface area contributed by atoms with Gasteiger partial charge in [0.05, 0.1) is 12.3 Å². The second-order valence-electron chi connectivity index (χ2n) is 5.01. The molecule has 2 heterocycles. The summed E-state index contributed by atoms with van der Waals surface area (Å²) >= 11 is 0. The largest absolute Gasteiger partial charge is 0.468 e. The van der Waals surface area contributed by atoms with Crippen LogP contribution in [-0.4, -0.2) is 49.1 Å². The van der Waals surface area contributed by atoms with Crippen LogP contribution in [0.25, 0.3) is 0 Å². The van der Waals surface area contributed by atoms with Gasteiger partial charge in [0.2, 0.25) is 0 Å². The van der Waals surface area contributed by atoms with E-state index >= 15 is 0 Å². The Morgan fingerprint density at radius 2 is 2.12 bits per heavy atom. The molecular formula is C13H23N3O. The van der Waals surface area contributed by atoms with Gasteiger partial charge in [-0.25, -0.2) is 0 Å². The van der Waals surface area contributed by atoms with Crippen molar-refractivity contribution < 1.29 is 4.42 Å². The molecule has 17 heavy (non-hydrogen) atoms. The average Bonchev–Trinajstić information content (AvgIpc) is 2.70. The summed E-state index contributed by atoms with van der Waals surface area (Å²) in [6.45, 7) is 6.48. The topological polar surface area (TPSA) is 45.6 Å². The van der Waals surface area contributed by atoms with E-state index in [4.69, 9.17) is 10.2 Å². The number of likely N-dealkylation sites (N-methyl/N-ethyl adjacent to an activating group) is 1. The van der Waals surface area contributed by atoms with Crippen LogP contribution in [0.4, 0.5) is 0 Å². The van der Waals surface area contributed by atoms with E-state index in [1.165, 1.54) is 13.0 Å². The molecule has 0 radical (unpaired) electrons. The van der Waals surface area contributed by atoms with Gasteiger partial charge in [-0.2, -0.15) is 0 Å². The summed E-state index contributed by atoms with van der Waals surface area (Å²) < 4.78 is 5.54. The average molecular weight is 237 g/mol. The minimum Gasteiger partial charge on any atom is -0.468 e. The van der Waals surface area contributed by atoms with E-state index in [0.717, 1.165) is 25.4 Å². The molecule has 2 N–H and O–H groups in total. The zero-order chi connectivity index (χ0) is 12.3. The molecule has 4 nitrogen and oxygen atoms in total. The van der Waals surface area contributed by atoms with E-state index in [9.17, 15) is 0 Å². The first-order valence-electron chi connectivity index (χ1n) is 6.40. The Balaban J connectivity index is 2.10. The molecule has 1 aliphatic rings. The van der Waals surface area contributed by atoms with Crippen molar-refractivity contribution in [1.82, 2.24) is 9.80 Å². The molecule has 1 aromatic rings. The predicted octanol–water partition coefficient (Wildman–Crippen LogP) is 1.31. The lowest BCUT2D eigenvalue weighted by molar-refractivity contribution is 0.160. The summed E-state index contributed by atoms with van der Waals surface area (Å²) in [5, 5.41) is 0. The fraction of sp³-hybridized carbons (Fsp3) is 0.692. The molecule has 1 aliphatic heterocycles. The first kappa shape index (κ1) is 12.6. The predicted molar refractivity (Wildman–Crippen MR) is 68.8 cm³/mol. The van der Waals surface area contributed by atoms with Crippen molar-refractivity contribution >= 4 is 0 Å². The van der Waals surface area contributed by atoms with Crippen LogP contribution in [0.3, 0.4) is 0 Å². The van der Waals surface area contributed by atoms with Crippen molar-refractivity contribution in [2.45, 2.75) is 25.4 Å². The molecule has 2 unspecified atom stereocenters. The second kappa shape index (κ2) is 5.67. The first-order chi connectivity index (χ1) is 8.18. The third-order valence-corrected chi connectivity index (χ3v) is 3.48. The molecule has 1 saturated heterocycles. The van der Waals surface area contributed by atoms with Gasteiger partial charge in [0.1, 0.15) is 5.76 Å². The van der Waals surface area contributed by atoms with E-state index in [0.29, 0.717) is 0 Å². The Labute approximate surface area is 103 Å². The lowest BCUT2D eigenvalue weighted by Crippen LogP contribution is -2.41. The summed E-state index contributed by atoms with van der Waals surface area (Å²) in [6.07, 6.45) is 2.93. The Kier molecular flexibility index (Phi) is 4.20. The van der Waals surface area contributed by atoms with Crippen molar-refractivity contribution in [3.8, 4) is 0 Å². The first-order valence-corrected chi connectivity index (χ1v) is 6.40. The van der Waals surface area contributed by atoms with Gasteiger partial charge in [-0.3, -0.25) is 4.90 Å². The van der Waals surface area contributed by atoms with Crippen LogP contribution in [0.15, 0.2) is 22.8 Å². The number of furan rings is 1. The van der Waals surface area contributed by atoms with Crippen LogP contribution in [0.2, 0.25) is 0 Å².